The molecule has 0 aromatic carbocycles. The number of aromatic nitrogens is 3. The van der Waals surface area contributed by atoms with Crippen LogP contribution < -0.4 is 5.69 Å². The summed E-state index contributed by atoms with van der Waals surface area (Å²) in [5.74, 6) is -0.419. The first-order valence-electron chi connectivity index (χ1n) is 5.32. The molecule has 0 fully saturated rings. The molecular formula is C12H11BrFN3O. The van der Waals surface area contributed by atoms with E-state index in [0.717, 1.165) is 16.4 Å². The van der Waals surface area contributed by atoms with Crippen LogP contribution in [0.2, 0.25) is 0 Å². The van der Waals surface area contributed by atoms with Crippen molar-refractivity contribution in [1.82, 2.24) is 14.5 Å². The molecule has 0 aliphatic heterocycles. The largest absolute Gasteiger partial charge is 0.348 e. The highest BCUT2D eigenvalue weighted by molar-refractivity contribution is 9.10. The number of aryl methyl sites for hydroxylation is 1. The minimum atomic E-state index is -0.419. The van der Waals surface area contributed by atoms with Crippen LogP contribution >= 0.6 is 15.9 Å². The summed E-state index contributed by atoms with van der Waals surface area (Å²) >= 11 is 3.38. The van der Waals surface area contributed by atoms with Gasteiger partial charge in [-0.25, -0.2) is 9.18 Å². The van der Waals surface area contributed by atoms with E-state index in [2.05, 4.69) is 25.9 Å². The van der Waals surface area contributed by atoms with Crippen LogP contribution in [0, 0.1) is 19.7 Å². The van der Waals surface area contributed by atoms with Crippen molar-refractivity contribution >= 4 is 15.9 Å². The van der Waals surface area contributed by atoms with Crippen molar-refractivity contribution < 1.29 is 4.39 Å². The summed E-state index contributed by atoms with van der Waals surface area (Å²) < 4.78 is 15.3. The molecule has 0 atom stereocenters. The average molecular weight is 312 g/mol. The number of pyridine rings is 1. The first kappa shape index (κ1) is 12.9. The lowest BCUT2D eigenvalue weighted by Crippen LogP contribution is -2.27. The molecule has 94 valence electrons. The van der Waals surface area contributed by atoms with E-state index in [1.807, 2.05) is 6.92 Å². The summed E-state index contributed by atoms with van der Waals surface area (Å²) in [7, 11) is 0. The molecule has 0 spiro atoms. The van der Waals surface area contributed by atoms with E-state index in [1.165, 1.54) is 16.8 Å². The van der Waals surface area contributed by atoms with Crippen LogP contribution in [0.1, 0.15) is 17.0 Å². The Labute approximate surface area is 112 Å². The van der Waals surface area contributed by atoms with E-state index in [1.54, 1.807) is 6.92 Å². The molecule has 0 amide bonds. The second-order valence-electron chi connectivity index (χ2n) is 3.98. The first-order chi connectivity index (χ1) is 8.49. The zero-order chi connectivity index (χ0) is 13.3. The van der Waals surface area contributed by atoms with Gasteiger partial charge < -0.3 is 0 Å². The van der Waals surface area contributed by atoms with Crippen LogP contribution in [0.5, 0.6) is 0 Å². The van der Waals surface area contributed by atoms with E-state index in [0.29, 0.717) is 11.3 Å². The lowest BCUT2D eigenvalue weighted by atomic mass is 10.2. The van der Waals surface area contributed by atoms with Crippen molar-refractivity contribution in [2.45, 2.75) is 20.4 Å². The van der Waals surface area contributed by atoms with Crippen LogP contribution in [-0.4, -0.2) is 14.5 Å². The van der Waals surface area contributed by atoms with Crippen molar-refractivity contribution in [3.63, 3.8) is 0 Å². The SMILES string of the molecule is Cc1nc(=O)n(Cc2cncc(F)c2)c(C)c1Br. The average Bonchev–Trinajstić information content (AvgIpc) is 2.32. The van der Waals surface area contributed by atoms with E-state index in [-0.39, 0.29) is 12.2 Å². The third-order valence-electron chi connectivity index (χ3n) is 2.64. The van der Waals surface area contributed by atoms with Gasteiger partial charge in [-0.1, -0.05) is 0 Å². The second kappa shape index (κ2) is 4.97. The van der Waals surface area contributed by atoms with Gasteiger partial charge in [0.15, 0.2) is 0 Å². The Hall–Kier alpha value is -1.56. The highest BCUT2D eigenvalue weighted by Crippen LogP contribution is 2.17. The monoisotopic (exact) mass is 311 g/mol. The molecule has 0 saturated heterocycles. The number of rotatable bonds is 2. The van der Waals surface area contributed by atoms with Gasteiger partial charge in [0, 0.05) is 11.9 Å². The fraction of sp³-hybridized carbons (Fsp3) is 0.250. The summed E-state index contributed by atoms with van der Waals surface area (Å²) in [4.78, 5) is 19.5. The summed E-state index contributed by atoms with van der Waals surface area (Å²) in [5.41, 5.74) is 1.68. The zero-order valence-electron chi connectivity index (χ0n) is 9.94. The molecule has 6 heteroatoms. The minimum absolute atomic E-state index is 0.251. The van der Waals surface area contributed by atoms with Crippen LogP contribution in [-0.2, 0) is 6.54 Å². The normalized spacial score (nSPS) is 10.7. The summed E-state index contributed by atoms with van der Waals surface area (Å²) in [6, 6.07) is 1.35. The molecule has 0 bridgehead atoms. The van der Waals surface area contributed by atoms with Gasteiger partial charge in [0.1, 0.15) is 5.82 Å². The Morgan fingerprint density at radius 3 is 2.78 bits per heavy atom. The van der Waals surface area contributed by atoms with E-state index in [9.17, 15) is 9.18 Å². The predicted molar refractivity (Wildman–Crippen MR) is 69.0 cm³/mol. The summed E-state index contributed by atoms with van der Waals surface area (Å²) in [5, 5.41) is 0. The summed E-state index contributed by atoms with van der Waals surface area (Å²) in [6.07, 6.45) is 2.66. The van der Waals surface area contributed by atoms with Crippen LogP contribution in [0.4, 0.5) is 4.39 Å². The molecule has 0 saturated carbocycles. The molecule has 0 N–H and O–H groups in total. The molecule has 2 aromatic heterocycles. The van der Waals surface area contributed by atoms with E-state index >= 15 is 0 Å². The maximum Gasteiger partial charge on any atom is 0.348 e. The molecule has 2 aromatic rings. The second-order valence-corrected chi connectivity index (χ2v) is 4.77. The Balaban J connectivity index is 2.47. The maximum atomic E-state index is 13.0. The number of halogens is 2. The topological polar surface area (TPSA) is 47.8 Å². The molecule has 18 heavy (non-hydrogen) atoms. The third kappa shape index (κ3) is 2.48. The molecule has 0 radical (unpaired) electrons. The van der Waals surface area contributed by atoms with Gasteiger partial charge in [-0.15, -0.1) is 0 Å². The molecule has 2 heterocycles. The minimum Gasteiger partial charge on any atom is -0.291 e. The smallest absolute Gasteiger partial charge is 0.291 e. The number of nitrogens with zero attached hydrogens (tertiary/aromatic N) is 3. The molecule has 4 nitrogen and oxygen atoms in total. The Morgan fingerprint density at radius 1 is 1.39 bits per heavy atom. The van der Waals surface area contributed by atoms with E-state index in [4.69, 9.17) is 0 Å². The van der Waals surface area contributed by atoms with Crippen molar-refractivity contribution in [2.24, 2.45) is 0 Å². The first-order valence-corrected chi connectivity index (χ1v) is 6.11. The molecule has 0 aliphatic rings. The lowest BCUT2D eigenvalue weighted by molar-refractivity contribution is 0.612. The van der Waals surface area contributed by atoms with Gasteiger partial charge in [0.2, 0.25) is 0 Å². The standard InChI is InChI=1S/C12H11BrFN3O/c1-7-11(13)8(2)17(12(18)16-7)6-9-3-10(14)5-15-4-9/h3-5H,6H2,1-2H3. The summed E-state index contributed by atoms with van der Waals surface area (Å²) in [6.45, 7) is 3.82. The molecular weight excluding hydrogens is 301 g/mol. The van der Waals surface area contributed by atoms with Crippen LogP contribution in [0.25, 0.3) is 0 Å². The molecule has 0 aliphatic carbocycles. The highest BCUT2D eigenvalue weighted by atomic mass is 79.9. The van der Waals surface area contributed by atoms with Crippen LogP contribution in [0.3, 0.4) is 0 Å². The Bertz CT molecular complexity index is 654. The van der Waals surface area contributed by atoms with Gasteiger partial charge in [0.25, 0.3) is 0 Å². The van der Waals surface area contributed by atoms with Gasteiger partial charge in [0.05, 0.1) is 22.9 Å². The lowest BCUT2D eigenvalue weighted by Gasteiger charge is -2.11. The van der Waals surface area contributed by atoms with Crippen LogP contribution in [0.15, 0.2) is 27.7 Å². The van der Waals surface area contributed by atoms with Crippen molar-refractivity contribution in [3.05, 3.63) is 56.2 Å². The number of hydrogen-bond acceptors (Lipinski definition) is 3. The van der Waals surface area contributed by atoms with Crippen molar-refractivity contribution in [2.75, 3.05) is 0 Å². The quantitative estimate of drug-likeness (QED) is 0.854. The van der Waals surface area contributed by atoms with Gasteiger partial charge in [-0.3, -0.25) is 9.55 Å². The van der Waals surface area contributed by atoms with Gasteiger partial charge in [-0.05, 0) is 41.4 Å². The van der Waals surface area contributed by atoms with Crippen molar-refractivity contribution in [1.29, 1.82) is 0 Å². The Kier molecular flexibility index (Phi) is 3.56. The van der Waals surface area contributed by atoms with Crippen molar-refractivity contribution in [3.8, 4) is 0 Å². The van der Waals surface area contributed by atoms with E-state index < -0.39 is 5.82 Å². The predicted octanol–water partition coefficient (Wildman–Crippen LogP) is 2.21. The van der Waals surface area contributed by atoms with Gasteiger partial charge >= 0.3 is 5.69 Å². The zero-order valence-corrected chi connectivity index (χ0v) is 11.5. The number of hydrogen-bond donors (Lipinski definition) is 0. The molecule has 0 unspecified atom stereocenters. The molecule has 2 rings (SSSR count). The van der Waals surface area contributed by atoms with Gasteiger partial charge in [-0.2, -0.15) is 4.98 Å². The maximum absolute atomic E-state index is 13.0. The third-order valence-corrected chi connectivity index (χ3v) is 3.78. The Morgan fingerprint density at radius 2 is 2.11 bits per heavy atom. The fourth-order valence-electron chi connectivity index (χ4n) is 1.69. The highest BCUT2D eigenvalue weighted by Gasteiger charge is 2.09. The fourth-order valence-corrected chi connectivity index (χ4v) is 1.99.